The van der Waals surface area contributed by atoms with Crippen LogP contribution in [0.2, 0.25) is 0 Å². The van der Waals surface area contributed by atoms with Crippen molar-refractivity contribution in [1.82, 2.24) is 9.88 Å². The molecule has 104 valence electrons. The molecule has 0 spiro atoms. The van der Waals surface area contributed by atoms with E-state index in [2.05, 4.69) is 29.0 Å². The summed E-state index contributed by atoms with van der Waals surface area (Å²) in [5.74, 6) is 0.682. The molecule has 0 saturated carbocycles. The first-order chi connectivity index (χ1) is 9.08. The number of hydrogen-bond donors (Lipinski definition) is 2. The second-order valence-corrected chi connectivity index (χ2v) is 5.85. The van der Waals surface area contributed by atoms with Crippen molar-refractivity contribution in [1.29, 1.82) is 0 Å². The Morgan fingerprint density at radius 2 is 2.42 bits per heavy atom. The van der Waals surface area contributed by atoms with Gasteiger partial charge in [-0.05, 0) is 38.8 Å². The zero-order valence-electron chi connectivity index (χ0n) is 11.6. The van der Waals surface area contributed by atoms with Crippen molar-refractivity contribution in [2.24, 2.45) is 11.7 Å². The van der Waals surface area contributed by atoms with Crippen molar-refractivity contribution in [3.63, 3.8) is 0 Å². The minimum absolute atomic E-state index is 0.417. The number of nitrogens with two attached hydrogens (primary N) is 1. The fourth-order valence-electron chi connectivity index (χ4n) is 2.50. The van der Waals surface area contributed by atoms with Gasteiger partial charge in [-0.25, -0.2) is 0 Å². The van der Waals surface area contributed by atoms with Crippen LogP contribution < -0.4 is 11.1 Å². The van der Waals surface area contributed by atoms with E-state index < -0.39 is 0 Å². The van der Waals surface area contributed by atoms with Crippen LogP contribution >= 0.6 is 12.2 Å². The fraction of sp³-hybridized carbons (Fsp3) is 0.571. The molecule has 1 aromatic heterocycles. The summed E-state index contributed by atoms with van der Waals surface area (Å²) in [5.41, 5.74) is 7.54. The Morgan fingerprint density at radius 3 is 3.05 bits per heavy atom. The predicted molar refractivity (Wildman–Crippen MR) is 83.4 cm³/mol. The molecule has 1 aliphatic heterocycles. The van der Waals surface area contributed by atoms with Crippen LogP contribution in [0.3, 0.4) is 0 Å². The summed E-state index contributed by atoms with van der Waals surface area (Å²) in [7, 11) is 0. The summed E-state index contributed by atoms with van der Waals surface area (Å²) in [5, 5.41) is 3.44. The molecule has 0 amide bonds. The van der Waals surface area contributed by atoms with E-state index in [0.717, 1.165) is 24.3 Å². The molecular formula is C14H22N4S. The third-order valence-electron chi connectivity index (χ3n) is 3.72. The molecule has 2 heterocycles. The third-order valence-corrected chi connectivity index (χ3v) is 3.94. The lowest BCUT2D eigenvalue weighted by atomic mass is 10.1. The van der Waals surface area contributed by atoms with Crippen molar-refractivity contribution in [3.05, 3.63) is 24.0 Å². The van der Waals surface area contributed by atoms with E-state index in [9.17, 15) is 0 Å². The smallest absolute Gasteiger partial charge is 0.106 e. The maximum atomic E-state index is 5.72. The van der Waals surface area contributed by atoms with Gasteiger partial charge in [0.2, 0.25) is 0 Å². The molecule has 3 N–H and O–H groups in total. The van der Waals surface area contributed by atoms with Crippen LogP contribution in [0.4, 0.5) is 5.69 Å². The van der Waals surface area contributed by atoms with Gasteiger partial charge in [0.05, 0.1) is 11.9 Å². The van der Waals surface area contributed by atoms with Crippen LogP contribution in [0.25, 0.3) is 0 Å². The first kappa shape index (κ1) is 14.2. The summed E-state index contributed by atoms with van der Waals surface area (Å²) in [6.45, 7) is 7.81. The van der Waals surface area contributed by atoms with Gasteiger partial charge in [-0.1, -0.05) is 12.2 Å². The number of pyridine rings is 1. The van der Waals surface area contributed by atoms with E-state index in [1.807, 2.05) is 6.07 Å². The maximum absolute atomic E-state index is 5.72. The molecule has 1 atom stereocenters. The number of rotatable bonds is 5. The first-order valence-electron chi connectivity index (χ1n) is 6.79. The quantitative estimate of drug-likeness (QED) is 0.805. The van der Waals surface area contributed by atoms with E-state index in [0.29, 0.717) is 16.9 Å². The van der Waals surface area contributed by atoms with Gasteiger partial charge in [-0.2, -0.15) is 0 Å². The zero-order valence-corrected chi connectivity index (χ0v) is 12.4. The summed E-state index contributed by atoms with van der Waals surface area (Å²) in [6, 6.07) is 2.50. The minimum Gasteiger partial charge on any atom is -0.389 e. The highest BCUT2D eigenvalue weighted by molar-refractivity contribution is 7.80. The Hall–Kier alpha value is -1.20. The lowest BCUT2D eigenvalue weighted by molar-refractivity contribution is 0.266. The van der Waals surface area contributed by atoms with Crippen molar-refractivity contribution in [3.8, 4) is 0 Å². The molecule has 19 heavy (non-hydrogen) atoms. The lowest BCUT2D eigenvalue weighted by Crippen LogP contribution is -2.29. The topological polar surface area (TPSA) is 54.2 Å². The van der Waals surface area contributed by atoms with Crippen LogP contribution in [-0.2, 0) is 0 Å². The number of likely N-dealkylation sites (tertiary alicyclic amines) is 1. The Labute approximate surface area is 120 Å². The molecule has 4 nitrogen and oxygen atoms in total. The predicted octanol–water partition coefficient (Wildman–Crippen LogP) is 1.86. The van der Waals surface area contributed by atoms with Crippen LogP contribution in [0.1, 0.15) is 25.8 Å². The van der Waals surface area contributed by atoms with E-state index in [-0.39, 0.29) is 0 Å². The molecule has 1 aliphatic rings. The summed E-state index contributed by atoms with van der Waals surface area (Å²) >= 11 is 5.05. The number of thiocarbonyl (C=S) groups is 1. The average molecular weight is 278 g/mol. The number of nitrogens with zero attached hydrogens (tertiary/aromatic N) is 2. The largest absolute Gasteiger partial charge is 0.389 e. The highest BCUT2D eigenvalue weighted by Gasteiger charge is 2.24. The van der Waals surface area contributed by atoms with Crippen LogP contribution in [0.5, 0.6) is 0 Å². The monoisotopic (exact) mass is 278 g/mol. The molecule has 0 aliphatic carbocycles. The Bertz CT molecular complexity index is 447. The Balaban J connectivity index is 1.91. The third kappa shape index (κ3) is 3.64. The van der Waals surface area contributed by atoms with Gasteiger partial charge in [-0.15, -0.1) is 0 Å². The molecule has 1 fully saturated rings. The van der Waals surface area contributed by atoms with Crippen LogP contribution in [-0.4, -0.2) is 40.5 Å². The van der Waals surface area contributed by atoms with Crippen molar-refractivity contribution in [2.45, 2.75) is 26.3 Å². The first-order valence-corrected chi connectivity index (χ1v) is 7.20. The molecule has 1 unspecified atom stereocenters. The number of hydrogen-bond acceptors (Lipinski definition) is 4. The van der Waals surface area contributed by atoms with Gasteiger partial charge >= 0.3 is 0 Å². The summed E-state index contributed by atoms with van der Waals surface area (Å²) in [4.78, 5) is 7.06. The van der Waals surface area contributed by atoms with Crippen molar-refractivity contribution >= 4 is 22.9 Å². The standard InChI is InChI=1S/C14H22N4S/c1-10(2)18-6-4-11(9-18)7-17-13-8-16-5-3-12(13)14(15)19/h3,5,8,10-11,17H,4,6-7,9H2,1-2H3,(H2,15,19). The lowest BCUT2D eigenvalue weighted by Gasteiger charge is -2.20. The molecule has 0 radical (unpaired) electrons. The second-order valence-electron chi connectivity index (χ2n) is 5.41. The van der Waals surface area contributed by atoms with E-state index in [1.54, 1.807) is 12.4 Å². The molecule has 0 aromatic carbocycles. The SMILES string of the molecule is CC(C)N1CCC(CNc2cnccc2C(N)=S)C1. The highest BCUT2D eigenvalue weighted by atomic mass is 32.1. The molecule has 0 bridgehead atoms. The Kier molecular flexibility index (Phi) is 4.71. The molecule has 5 heteroatoms. The highest BCUT2D eigenvalue weighted by Crippen LogP contribution is 2.20. The maximum Gasteiger partial charge on any atom is 0.106 e. The minimum atomic E-state index is 0.417. The summed E-state index contributed by atoms with van der Waals surface area (Å²) in [6.07, 6.45) is 4.76. The molecule has 1 aromatic rings. The van der Waals surface area contributed by atoms with E-state index >= 15 is 0 Å². The average Bonchev–Trinajstić information content (AvgIpc) is 2.85. The van der Waals surface area contributed by atoms with E-state index in [1.165, 1.54) is 13.0 Å². The van der Waals surface area contributed by atoms with Gasteiger partial charge in [0.25, 0.3) is 0 Å². The van der Waals surface area contributed by atoms with Gasteiger partial charge in [0.15, 0.2) is 0 Å². The number of nitrogens with one attached hydrogen (secondary N) is 1. The van der Waals surface area contributed by atoms with E-state index in [4.69, 9.17) is 18.0 Å². The molecule has 2 rings (SSSR count). The number of anilines is 1. The van der Waals surface area contributed by atoms with Crippen molar-refractivity contribution < 1.29 is 0 Å². The second kappa shape index (κ2) is 6.30. The van der Waals surface area contributed by atoms with Gasteiger partial charge in [0, 0.05) is 30.9 Å². The van der Waals surface area contributed by atoms with Crippen molar-refractivity contribution in [2.75, 3.05) is 25.0 Å². The zero-order chi connectivity index (χ0) is 13.8. The van der Waals surface area contributed by atoms with Crippen LogP contribution in [0, 0.1) is 5.92 Å². The molecule has 1 saturated heterocycles. The normalized spacial score (nSPS) is 19.8. The van der Waals surface area contributed by atoms with Crippen LogP contribution in [0.15, 0.2) is 18.5 Å². The Morgan fingerprint density at radius 1 is 1.63 bits per heavy atom. The number of aromatic nitrogens is 1. The van der Waals surface area contributed by atoms with Gasteiger partial charge < -0.3 is 16.0 Å². The summed E-state index contributed by atoms with van der Waals surface area (Å²) < 4.78 is 0. The van der Waals surface area contributed by atoms with Gasteiger partial charge in [-0.3, -0.25) is 4.98 Å². The van der Waals surface area contributed by atoms with Gasteiger partial charge in [0.1, 0.15) is 4.99 Å². The fourth-order valence-corrected chi connectivity index (χ4v) is 2.68. The molecular weight excluding hydrogens is 256 g/mol.